The van der Waals surface area contributed by atoms with E-state index in [-0.39, 0.29) is 5.75 Å². The minimum atomic E-state index is -3.15. The molecule has 0 saturated carbocycles. The van der Waals surface area contributed by atoms with Gasteiger partial charge in [0.25, 0.3) is 0 Å². The fourth-order valence-corrected chi connectivity index (χ4v) is 3.55. The van der Waals surface area contributed by atoms with Crippen LogP contribution in [0.25, 0.3) is 0 Å². The zero-order valence-electron chi connectivity index (χ0n) is 14.7. The number of sulfonamides is 1. The van der Waals surface area contributed by atoms with Gasteiger partial charge in [-0.15, -0.1) is 0 Å². The minimum absolute atomic E-state index is 0.0890. The number of rotatable bonds is 6. The lowest BCUT2D eigenvalue weighted by molar-refractivity contribution is 0.373. The van der Waals surface area contributed by atoms with Crippen LogP contribution < -0.4 is 14.9 Å². The largest absolute Gasteiger partial charge is 0.367 e. The summed E-state index contributed by atoms with van der Waals surface area (Å²) >= 11 is 6.27. The molecule has 9 heteroatoms. The zero-order valence-corrected chi connectivity index (χ0v) is 16.3. The van der Waals surface area contributed by atoms with E-state index in [1.165, 1.54) is 0 Å². The smallest absolute Gasteiger partial charge is 0.211 e. The fourth-order valence-electron chi connectivity index (χ4n) is 2.68. The average molecular weight is 388 g/mol. The number of piperazine rings is 1. The number of guanidine groups is 1. The molecule has 0 spiro atoms. The third kappa shape index (κ3) is 5.76. The van der Waals surface area contributed by atoms with E-state index < -0.39 is 10.0 Å². The number of anilines is 1. The first-order chi connectivity index (χ1) is 12.0. The first-order valence-electron chi connectivity index (χ1n) is 8.39. The Bertz CT molecular complexity index is 688. The maximum Gasteiger partial charge on any atom is 0.211 e. The predicted molar refractivity (Wildman–Crippen MR) is 104 cm³/mol. The molecule has 2 N–H and O–H groups in total. The lowest BCUT2D eigenvalue weighted by Crippen LogP contribution is -2.53. The molecule has 7 nitrogen and oxygen atoms in total. The van der Waals surface area contributed by atoms with Gasteiger partial charge >= 0.3 is 0 Å². The molecule has 1 heterocycles. The van der Waals surface area contributed by atoms with Crippen LogP contribution in [0.3, 0.4) is 0 Å². The molecule has 1 aliphatic rings. The molecule has 1 fully saturated rings. The van der Waals surface area contributed by atoms with Gasteiger partial charge in [0.2, 0.25) is 10.0 Å². The van der Waals surface area contributed by atoms with Crippen molar-refractivity contribution in [1.29, 1.82) is 0 Å². The van der Waals surface area contributed by atoms with Crippen molar-refractivity contribution >= 4 is 33.3 Å². The summed E-state index contributed by atoms with van der Waals surface area (Å²) in [6, 6.07) is 7.86. The van der Waals surface area contributed by atoms with Crippen molar-refractivity contribution in [2.45, 2.75) is 6.92 Å². The topological polar surface area (TPSA) is 77.0 Å². The van der Waals surface area contributed by atoms with E-state index in [2.05, 4.69) is 24.8 Å². The molecular weight excluding hydrogens is 362 g/mol. The zero-order chi connectivity index (χ0) is 18.3. The van der Waals surface area contributed by atoms with Crippen LogP contribution in [0.2, 0.25) is 5.02 Å². The van der Waals surface area contributed by atoms with Gasteiger partial charge in [0.05, 0.1) is 16.5 Å². The molecule has 0 bridgehead atoms. The third-order valence-electron chi connectivity index (χ3n) is 4.09. The molecular formula is C16H26ClN5O2S. The lowest BCUT2D eigenvalue weighted by Gasteiger charge is -2.38. The van der Waals surface area contributed by atoms with E-state index in [1.54, 1.807) is 14.0 Å². The van der Waals surface area contributed by atoms with E-state index in [9.17, 15) is 8.42 Å². The maximum atomic E-state index is 11.4. The van der Waals surface area contributed by atoms with Gasteiger partial charge in [0.1, 0.15) is 0 Å². The normalized spacial score (nSPS) is 16.2. The Morgan fingerprint density at radius 1 is 1.20 bits per heavy atom. The Kier molecular flexibility index (Phi) is 7.34. The van der Waals surface area contributed by atoms with Crippen LogP contribution in [0.15, 0.2) is 29.3 Å². The van der Waals surface area contributed by atoms with Crippen LogP contribution in [0.5, 0.6) is 0 Å². The first kappa shape index (κ1) is 19.8. The molecule has 0 aromatic heterocycles. The summed E-state index contributed by atoms with van der Waals surface area (Å²) in [5.41, 5.74) is 1.06. The molecule has 2 rings (SSSR count). The summed E-state index contributed by atoms with van der Waals surface area (Å²) in [4.78, 5) is 8.72. The molecule has 25 heavy (non-hydrogen) atoms. The fraction of sp³-hybridized carbons (Fsp3) is 0.562. The van der Waals surface area contributed by atoms with Crippen molar-refractivity contribution in [3.8, 4) is 0 Å². The summed E-state index contributed by atoms with van der Waals surface area (Å²) in [7, 11) is -1.42. The second-order valence-electron chi connectivity index (χ2n) is 5.70. The molecule has 1 aromatic rings. The number of benzene rings is 1. The highest BCUT2D eigenvalue weighted by molar-refractivity contribution is 7.89. The van der Waals surface area contributed by atoms with Crippen molar-refractivity contribution in [3.05, 3.63) is 29.3 Å². The van der Waals surface area contributed by atoms with Gasteiger partial charge in [-0.3, -0.25) is 4.99 Å². The van der Waals surface area contributed by atoms with Crippen molar-refractivity contribution in [2.75, 3.05) is 57.0 Å². The van der Waals surface area contributed by atoms with Crippen molar-refractivity contribution in [3.63, 3.8) is 0 Å². The molecule has 0 atom stereocenters. The summed E-state index contributed by atoms with van der Waals surface area (Å²) in [5, 5.41) is 3.97. The standard InChI is InChI=1S/C16H26ClN5O2S/c1-3-25(23,24)20-9-8-19-16(18-2)22-12-10-21(11-13-22)15-7-5-4-6-14(15)17/h4-7,20H,3,8-13H2,1-2H3,(H,18,19). The summed E-state index contributed by atoms with van der Waals surface area (Å²) < 4.78 is 25.4. The molecule has 0 aliphatic carbocycles. The second-order valence-corrected chi connectivity index (χ2v) is 8.20. The maximum absolute atomic E-state index is 11.4. The van der Waals surface area contributed by atoms with Crippen molar-refractivity contribution in [2.24, 2.45) is 4.99 Å². The average Bonchev–Trinajstić information content (AvgIpc) is 2.62. The van der Waals surface area contributed by atoms with Gasteiger partial charge in [-0.2, -0.15) is 0 Å². The van der Waals surface area contributed by atoms with Gasteiger partial charge in [-0.05, 0) is 19.1 Å². The van der Waals surface area contributed by atoms with Crippen LogP contribution >= 0.6 is 11.6 Å². The van der Waals surface area contributed by atoms with E-state index in [0.29, 0.717) is 13.1 Å². The number of hydrogen-bond acceptors (Lipinski definition) is 4. The quantitative estimate of drug-likeness (QED) is 0.432. The van der Waals surface area contributed by atoms with E-state index in [4.69, 9.17) is 11.6 Å². The van der Waals surface area contributed by atoms with Crippen LogP contribution in [-0.2, 0) is 10.0 Å². The summed E-state index contributed by atoms with van der Waals surface area (Å²) in [6.07, 6.45) is 0. The Morgan fingerprint density at radius 3 is 2.48 bits per heavy atom. The molecule has 0 amide bonds. The molecule has 1 aromatic carbocycles. The lowest BCUT2D eigenvalue weighted by atomic mass is 10.2. The van der Waals surface area contributed by atoms with Gasteiger partial charge in [-0.25, -0.2) is 13.1 Å². The highest BCUT2D eigenvalue weighted by Crippen LogP contribution is 2.25. The molecule has 0 radical (unpaired) electrons. The van der Waals surface area contributed by atoms with Crippen LogP contribution in [0, 0.1) is 0 Å². The summed E-state index contributed by atoms with van der Waals surface area (Å²) in [6.45, 7) is 5.82. The van der Waals surface area contributed by atoms with Gasteiger partial charge in [0.15, 0.2) is 5.96 Å². The van der Waals surface area contributed by atoms with Gasteiger partial charge in [0, 0.05) is 46.3 Å². The number of hydrogen-bond donors (Lipinski definition) is 2. The Morgan fingerprint density at radius 2 is 1.88 bits per heavy atom. The Balaban J connectivity index is 1.81. The van der Waals surface area contributed by atoms with Crippen LogP contribution in [-0.4, -0.2) is 71.3 Å². The monoisotopic (exact) mass is 387 g/mol. The minimum Gasteiger partial charge on any atom is -0.367 e. The number of para-hydroxylation sites is 1. The molecule has 0 unspecified atom stereocenters. The van der Waals surface area contributed by atoms with Gasteiger partial charge in [-0.1, -0.05) is 23.7 Å². The number of nitrogens with one attached hydrogen (secondary N) is 2. The van der Waals surface area contributed by atoms with E-state index in [1.807, 2.05) is 24.3 Å². The van der Waals surface area contributed by atoms with Crippen molar-refractivity contribution < 1.29 is 8.42 Å². The highest BCUT2D eigenvalue weighted by atomic mass is 35.5. The number of nitrogens with zero attached hydrogens (tertiary/aromatic N) is 3. The summed E-state index contributed by atoms with van der Waals surface area (Å²) in [5.74, 6) is 0.876. The number of aliphatic imine (C=N–C) groups is 1. The van der Waals surface area contributed by atoms with E-state index in [0.717, 1.165) is 42.8 Å². The van der Waals surface area contributed by atoms with Crippen LogP contribution in [0.1, 0.15) is 6.92 Å². The van der Waals surface area contributed by atoms with E-state index >= 15 is 0 Å². The SMILES string of the molecule is CCS(=O)(=O)NCCNC(=NC)N1CCN(c2ccccc2Cl)CC1. The first-order valence-corrected chi connectivity index (χ1v) is 10.4. The molecule has 1 aliphatic heterocycles. The second kappa shape index (κ2) is 9.26. The Labute approximate surface area is 155 Å². The highest BCUT2D eigenvalue weighted by Gasteiger charge is 2.20. The predicted octanol–water partition coefficient (Wildman–Crippen LogP) is 0.977. The number of halogens is 1. The molecule has 1 saturated heterocycles. The van der Waals surface area contributed by atoms with Crippen molar-refractivity contribution in [1.82, 2.24) is 14.9 Å². The van der Waals surface area contributed by atoms with Crippen LogP contribution in [0.4, 0.5) is 5.69 Å². The molecule has 140 valence electrons. The van der Waals surface area contributed by atoms with Gasteiger partial charge < -0.3 is 15.1 Å². The third-order valence-corrected chi connectivity index (χ3v) is 5.82. The Hall–Kier alpha value is -1.51.